The number of benzene rings is 1. The van der Waals surface area contributed by atoms with Crippen LogP contribution in [0.4, 0.5) is 5.69 Å². The van der Waals surface area contributed by atoms with Crippen LogP contribution in [-0.2, 0) is 0 Å². The zero-order chi connectivity index (χ0) is 13.7. The minimum Gasteiger partial charge on any atom is -0.392 e. The summed E-state index contributed by atoms with van der Waals surface area (Å²) in [7, 11) is 0. The van der Waals surface area contributed by atoms with Gasteiger partial charge in [-0.2, -0.15) is 0 Å². The van der Waals surface area contributed by atoms with Crippen molar-refractivity contribution < 1.29 is 5.11 Å². The fourth-order valence-corrected chi connectivity index (χ4v) is 2.54. The molecule has 3 heteroatoms. The highest BCUT2D eigenvalue weighted by molar-refractivity contribution is 5.49. The van der Waals surface area contributed by atoms with Crippen molar-refractivity contribution in [3.63, 3.8) is 0 Å². The molecule has 1 saturated heterocycles. The van der Waals surface area contributed by atoms with E-state index in [-0.39, 0.29) is 12.1 Å². The largest absolute Gasteiger partial charge is 0.392 e. The Morgan fingerprint density at radius 1 is 1.32 bits per heavy atom. The normalized spacial score (nSPS) is 18.6. The number of aliphatic hydroxyl groups is 1. The van der Waals surface area contributed by atoms with E-state index in [4.69, 9.17) is 0 Å². The summed E-state index contributed by atoms with van der Waals surface area (Å²) in [6.45, 7) is 7.18. The fourth-order valence-electron chi connectivity index (χ4n) is 2.54. The zero-order valence-electron chi connectivity index (χ0n) is 12.1. The maximum absolute atomic E-state index is 9.61. The highest BCUT2D eigenvalue weighted by Gasteiger charge is 2.14. The Labute approximate surface area is 116 Å². The molecular formula is C16H26N2O. The third-order valence-electron chi connectivity index (χ3n) is 3.97. The Balaban J connectivity index is 1.97. The van der Waals surface area contributed by atoms with Crippen LogP contribution in [0.5, 0.6) is 0 Å². The summed E-state index contributed by atoms with van der Waals surface area (Å²) in [5.41, 5.74) is 2.63. The fraction of sp³-hybridized carbons (Fsp3) is 0.625. The molecular weight excluding hydrogens is 236 g/mol. The van der Waals surface area contributed by atoms with Crippen LogP contribution < -0.4 is 10.2 Å². The lowest BCUT2D eigenvalue weighted by Crippen LogP contribution is -2.28. The molecule has 2 rings (SSSR count). The van der Waals surface area contributed by atoms with Crippen LogP contribution in [0, 0.1) is 0 Å². The van der Waals surface area contributed by atoms with Crippen molar-refractivity contribution in [3.8, 4) is 0 Å². The average Bonchev–Trinajstić information content (AvgIpc) is 2.98. The molecule has 2 N–H and O–H groups in total. The lowest BCUT2D eigenvalue weighted by atomic mass is 10.1. The summed E-state index contributed by atoms with van der Waals surface area (Å²) in [6.07, 6.45) is 3.17. The highest BCUT2D eigenvalue weighted by atomic mass is 16.3. The van der Waals surface area contributed by atoms with Crippen molar-refractivity contribution >= 4 is 5.69 Å². The second-order valence-electron chi connectivity index (χ2n) is 5.48. The molecule has 2 atom stereocenters. The van der Waals surface area contributed by atoms with Crippen molar-refractivity contribution in [2.75, 3.05) is 24.5 Å². The molecule has 0 spiro atoms. The molecule has 1 aromatic carbocycles. The first-order valence-electron chi connectivity index (χ1n) is 7.47. The van der Waals surface area contributed by atoms with Crippen molar-refractivity contribution in [3.05, 3.63) is 29.8 Å². The van der Waals surface area contributed by atoms with Gasteiger partial charge >= 0.3 is 0 Å². The van der Waals surface area contributed by atoms with Crippen LogP contribution in [0.2, 0.25) is 0 Å². The van der Waals surface area contributed by atoms with Gasteiger partial charge in [-0.1, -0.05) is 19.1 Å². The first kappa shape index (κ1) is 14.4. The Bertz CT molecular complexity index is 388. The molecule has 0 radical (unpaired) electrons. The molecule has 19 heavy (non-hydrogen) atoms. The molecule has 0 aromatic heterocycles. The Morgan fingerprint density at radius 3 is 2.74 bits per heavy atom. The topological polar surface area (TPSA) is 35.5 Å². The Hall–Kier alpha value is -1.06. The van der Waals surface area contributed by atoms with Gasteiger partial charge < -0.3 is 15.3 Å². The molecule has 1 aromatic rings. The minimum absolute atomic E-state index is 0.246. The molecule has 1 aliphatic heterocycles. The number of anilines is 1. The Morgan fingerprint density at radius 2 is 2.05 bits per heavy atom. The van der Waals surface area contributed by atoms with E-state index in [9.17, 15) is 5.11 Å². The summed E-state index contributed by atoms with van der Waals surface area (Å²) in [4.78, 5) is 2.46. The maximum atomic E-state index is 9.61. The summed E-state index contributed by atoms with van der Waals surface area (Å²) in [5, 5.41) is 13.0. The number of nitrogens with zero attached hydrogens (tertiary/aromatic N) is 1. The molecule has 1 aliphatic rings. The lowest BCUT2D eigenvalue weighted by molar-refractivity contribution is 0.164. The van der Waals surface area contributed by atoms with Crippen molar-refractivity contribution in [1.82, 2.24) is 5.32 Å². The van der Waals surface area contributed by atoms with Gasteiger partial charge in [-0.25, -0.2) is 0 Å². The van der Waals surface area contributed by atoms with Crippen LogP contribution in [0.25, 0.3) is 0 Å². The summed E-state index contributed by atoms with van der Waals surface area (Å²) in [5.74, 6) is 0. The van der Waals surface area contributed by atoms with Gasteiger partial charge in [-0.05, 0) is 43.9 Å². The van der Waals surface area contributed by atoms with E-state index in [2.05, 4.69) is 41.4 Å². The first-order valence-corrected chi connectivity index (χ1v) is 7.47. The van der Waals surface area contributed by atoms with E-state index in [1.807, 2.05) is 6.92 Å². The lowest BCUT2D eigenvalue weighted by Gasteiger charge is -2.21. The minimum atomic E-state index is -0.246. The third kappa shape index (κ3) is 3.95. The SMILES string of the molecule is CC[C@@H](O)CN[C@@H](C)c1cccc(N2CCCC2)c1. The second kappa shape index (κ2) is 6.92. The van der Waals surface area contributed by atoms with Crippen LogP contribution in [-0.4, -0.2) is 30.8 Å². The number of hydrogen-bond donors (Lipinski definition) is 2. The predicted molar refractivity (Wildman–Crippen MR) is 80.6 cm³/mol. The summed E-state index contributed by atoms with van der Waals surface area (Å²) < 4.78 is 0. The van der Waals surface area contributed by atoms with Crippen LogP contribution in [0.15, 0.2) is 24.3 Å². The molecule has 3 nitrogen and oxygen atoms in total. The van der Waals surface area contributed by atoms with Gasteiger partial charge in [-0.3, -0.25) is 0 Å². The van der Waals surface area contributed by atoms with E-state index in [1.54, 1.807) is 0 Å². The molecule has 106 valence electrons. The molecule has 0 bridgehead atoms. The second-order valence-corrected chi connectivity index (χ2v) is 5.48. The molecule has 1 heterocycles. The Kier molecular flexibility index (Phi) is 5.23. The summed E-state index contributed by atoms with van der Waals surface area (Å²) >= 11 is 0. The maximum Gasteiger partial charge on any atom is 0.0662 e. The standard InChI is InChI=1S/C16H26N2O/c1-3-16(19)12-17-13(2)14-7-6-8-15(11-14)18-9-4-5-10-18/h6-8,11,13,16-17,19H,3-5,9-10,12H2,1-2H3/t13-,16+/m0/s1. The average molecular weight is 262 g/mol. The third-order valence-corrected chi connectivity index (χ3v) is 3.97. The molecule has 0 unspecified atom stereocenters. The highest BCUT2D eigenvalue weighted by Crippen LogP contribution is 2.23. The van der Waals surface area contributed by atoms with E-state index in [1.165, 1.54) is 37.2 Å². The van der Waals surface area contributed by atoms with Gasteiger partial charge in [0.15, 0.2) is 0 Å². The van der Waals surface area contributed by atoms with Crippen molar-refractivity contribution in [1.29, 1.82) is 0 Å². The number of rotatable bonds is 6. The van der Waals surface area contributed by atoms with Gasteiger partial charge in [0.25, 0.3) is 0 Å². The van der Waals surface area contributed by atoms with Crippen LogP contribution in [0.3, 0.4) is 0 Å². The van der Waals surface area contributed by atoms with Gasteiger partial charge in [0.05, 0.1) is 6.10 Å². The van der Waals surface area contributed by atoms with Gasteiger partial charge in [0.1, 0.15) is 0 Å². The number of aliphatic hydroxyl groups excluding tert-OH is 1. The smallest absolute Gasteiger partial charge is 0.0662 e. The molecule has 0 saturated carbocycles. The van der Waals surface area contributed by atoms with E-state index in [0.29, 0.717) is 6.54 Å². The van der Waals surface area contributed by atoms with Crippen LogP contribution in [0.1, 0.15) is 44.7 Å². The van der Waals surface area contributed by atoms with Crippen LogP contribution >= 0.6 is 0 Å². The molecule has 0 aliphatic carbocycles. The monoisotopic (exact) mass is 262 g/mol. The van der Waals surface area contributed by atoms with Gasteiger partial charge in [-0.15, -0.1) is 0 Å². The molecule has 1 fully saturated rings. The van der Waals surface area contributed by atoms with Gasteiger partial charge in [0.2, 0.25) is 0 Å². The zero-order valence-corrected chi connectivity index (χ0v) is 12.1. The number of hydrogen-bond acceptors (Lipinski definition) is 3. The first-order chi connectivity index (χ1) is 9.20. The van der Waals surface area contributed by atoms with Gasteiger partial charge in [0, 0.05) is 31.4 Å². The van der Waals surface area contributed by atoms with Crippen molar-refractivity contribution in [2.45, 2.75) is 45.3 Å². The molecule has 0 amide bonds. The summed E-state index contributed by atoms with van der Waals surface area (Å²) in [6, 6.07) is 9.06. The van der Waals surface area contributed by atoms with Crippen molar-refractivity contribution in [2.24, 2.45) is 0 Å². The number of nitrogens with one attached hydrogen (secondary N) is 1. The van der Waals surface area contributed by atoms with E-state index >= 15 is 0 Å². The predicted octanol–water partition coefficient (Wildman–Crippen LogP) is 2.71. The quantitative estimate of drug-likeness (QED) is 0.827. The van der Waals surface area contributed by atoms with E-state index in [0.717, 1.165) is 6.42 Å². The van der Waals surface area contributed by atoms with E-state index < -0.39 is 0 Å².